The van der Waals surface area contributed by atoms with Gasteiger partial charge in [-0.15, -0.1) is 0 Å². The van der Waals surface area contributed by atoms with Crippen molar-refractivity contribution >= 4 is 12.0 Å². The fourth-order valence-corrected chi connectivity index (χ4v) is 3.53. The summed E-state index contributed by atoms with van der Waals surface area (Å²) < 4.78 is 4.83. The molecule has 0 radical (unpaired) electrons. The Balaban J connectivity index is 1.63. The number of aromatic hydroxyl groups is 2. The van der Waals surface area contributed by atoms with E-state index in [4.69, 9.17) is 4.74 Å². The molecule has 2 amide bonds. The van der Waals surface area contributed by atoms with E-state index in [1.54, 1.807) is 41.3 Å². The largest absolute Gasteiger partial charge is 0.508 e. The van der Waals surface area contributed by atoms with Crippen LogP contribution in [0.15, 0.2) is 48.5 Å². The molecule has 1 aliphatic heterocycles. The summed E-state index contributed by atoms with van der Waals surface area (Å²) in [5.41, 5.74) is 1.43. The number of phenols is 2. The van der Waals surface area contributed by atoms with E-state index in [1.807, 2.05) is 6.07 Å². The number of hydrogen-bond donors (Lipinski definition) is 3. The van der Waals surface area contributed by atoms with Gasteiger partial charge in [0.2, 0.25) is 0 Å². The van der Waals surface area contributed by atoms with Crippen molar-refractivity contribution in [2.75, 3.05) is 20.2 Å². The number of nitrogens with zero attached hydrogens (tertiary/aromatic N) is 1. The average molecular weight is 384 g/mol. The summed E-state index contributed by atoms with van der Waals surface area (Å²) in [6.07, 6.45) is 1.36. The van der Waals surface area contributed by atoms with Gasteiger partial charge in [0, 0.05) is 19.2 Å². The van der Waals surface area contributed by atoms with Crippen LogP contribution in [0.4, 0.5) is 4.79 Å². The number of likely N-dealkylation sites (tertiary alicyclic amines) is 1. The summed E-state index contributed by atoms with van der Waals surface area (Å²) in [4.78, 5) is 26.5. The Bertz CT molecular complexity index is 832. The summed E-state index contributed by atoms with van der Waals surface area (Å²) in [7, 11) is 1.29. The molecule has 7 nitrogen and oxygen atoms in total. The van der Waals surface area contributed by atoms with Gasteiger partial charge in [-0.25, -0.2) is 9.59 Å². The van der Waals surface area contributed by atoms with Crippen LogP contribution in [0.25, 0.3) is 0 Å². The number of methoxy groups -OCH3 is 1. The Morgan fingerprint density at radius 2 is 1.79 bits per heavy atom. The molecule has 0 saturated carbocycles. The van der Waals surface area contributed by atoms with Crippen molar-refractivity contribution in [1.29, 1.82) is 0 Å². The summed E-state index contributed by atoms with van der Waals surface area (Å²) in [5.74, 6) is -0.329. The third kappa shape index (κ3) is 4.36. The van der Waals surface area contributed by atoms with Crippen molar-refractivity contribution in [3.05, 3.63) is 59.7 Å². The molecule has 1 atom stereocenters. The van der Waals surface area contributed by atoms with E-state index >= 15 is 0 Å². The van der Waals surface area contributed by atoms with Crippen LogP contribution in [0.5, 0.6) is 11.5 Å². The van der Waals surface area contributed by atoms with Crippen molar-refractivity contribution in [3.63, 3.8) is 0 Å². The number of rotatable bonds is 4. The van der Waals surface area contributed by atoms with Gasteiger partial charge in [0.25, 0.3) is 0 Å². The number of carbonyl (C=O) groups excluding carboxylic acids is 2. The maximum atomic E-state index is 12.7. The zero-order valence-electron chi connectivity index (χ0n) is 15.7. The lowest BCUT2D eigenvalue weighted by Gasteiger charge is -2.33. The fourth-order valence-electron chi connectivity index (χ4n) is 3.53. The molecule has 3 N–H and O–H groups in total. The number of hydrogen-bond acceptors (Lipinski definition) is 5. The van der Waals surface area contributed by atoms with Crippen molar-refractivity contribution in [2.24, 2.45) is 0 Å². The monoisotopic (exact) mass is 384 g/mol. The molecule has 1 aliphatic rings. The highest BCUT2D eigenvalue weighted by atomic mass is 16.5. The van der Waals surface area contributed by atoms with Crippen molar-refractivity contribution in [1.82, 2.24) is 10.2 Å². The van der Waals surface area contributed by atoms with Crippen LogP contribution >= 0.6 is 0 Å². The second kappa shape index (κ2) is 8.65. The molecule has 0 aromatic heterocycles. The number of ether oxygens (including phenoxy) is 1. The number of benzene rings is 2. The summed E-state index contributed by atoms with van der Waals surface area (Å²) in [5, 5.41) is 22.2. The predicted molar refractivity (Wildman–Crippen MR) is 103 cm³/mol. The van der Waals surface area contributed by atoms with Gasteiger partial charge in [-0.3, -0.25) is 0 Å². The average Bonchev–Trinajstić information content (AvgIpc) is 2.72. The van der Waals surface area contributed by atoms with Gasteiger partial charge in [0.1, 0.15) is 11.5 Å². The lowest BCUT2D eigenvalue weighted by atomic mass is 9.89. The Kier molecular flexibility index (Phi) is 6.03. The number of piperidine rings is 1. The summed E-state index contributed by atoms with van der Waals surface area (Å²) in [6.45, 7) is 0.999. The Labute approximate surface area is 163 Å². The molecule has 1 fully saturated rings. The van der Waals surface area contributed by atoms with Crippen LogP contribution in [-0.4, -0.2) is 47.3 Å². The van der Waals surface area contributed by atoms with Gasteiger partial charge < -0.3 is 25.2 Å². The van der Waals surface area contributed by atoms with Crippen LogP contribution in [0.2, 0.25) is 0 Å². The minimum atomic E-state index is -0.863. The number of esters is 1. The zero-order chi connectivity index (χ0) is 20.1. The van der Waals surface area contributed by atoms with E-state index in [-0.39, 0.29) is 23.4 Å². The highest BCUT2D eigenvalue weighted by molar-refractivity contribution is 5.84. The van der Waals surface area contributed by atoms with E-state index in [9.17, 15) is 19.8 Å². The number of urea groups is 1. The van der Waals surface area contributed by atoms with Gasteiger partial charge in [-0.2, -0.15) is 0 Å². The third-order valence-corrected chi connectivity index (χ3v) is 5.07. The molecular formula is C21H24N2O5. The lowest BCUT2D eigenvalue weighted by Crippen LogP contribution is -2.47. The first-order valence-corrected chi connectivity index (χ1v) is 9.19. The first-order chi connectivity index (χ1) is 13.5. The second-order valence-electron chi connectivity index (χ2n) is 6.82. The molecule has 2 aromatic rings. The Morgan fingerprint density at radius 3 is 2.39 bits per heavy atom. The van der Waals surface area contributed by atoms with Crippen LogP contribution in [0.3, 0.4) is 0 Å². The molecule has 148 valence electrons. The molecular weight excluding hydrogens is 360 g/mol. The van der Waals surface area contributed by atoms with Gasteiger partial charge >= 0.3 is 12.0 Å². The highest BCUT2D eigenvalue weighted by Gasteiger charge is 2.29. The topological polar surface area (TPSA) is 99.1 Å². The van der Waals surface area contributed by atoms with Gasteiger partial charge in [0.15, 0.2) is 6.04 Å². The molecule has 0 bridgehead atoms. The van der Waals surface area contributed by atoms with Gasteiger partial charge in [-0.1, -0.05) is 36.4 Å². The molecule has 0 spiro atoms. The van der Waals surface area contributed by atoms with Crippen molar-refractivity contribution in [2.45, 2.75) is 24.8 Å². The fraction of sp³-hybridized carbons (Fsp3) is 0.333. The number of nitrogens with one attached hydrogen (secondary N) is 1. The van der Waals surface area contributed by atoms with Crippen LogP contribution in [-0.2, 0) is 9.53 Å². The highest BCUT2D eigenvalue weighted by Crippen LogP contribution is 2.35. The van der Waals surface area contributed by atoms with E-state index < -0.39 is 12.0 Å². The summed E-state index contributed by atoms with van der Waals surface area (Å²) in [6, 6.07) is 12.4. The molecule has 1 heterocycles. The van der Waals surface area contributed by atoms with Gasteiger partial charge in [0.05, 0.1) is 7.11 Å². The Hall–Kier alpha value is -3.22. The maximum Gasteiger partial charge on any atom is 0.333 e. The van der Waals surface area contributed by atoms with E-state index in [2.05, 4.69) is 5.32 Å². The smallest absolute Gasteiger partial charge is 0.333 e. The molecule has 7 heteroatoms. The minimum Gasteiger partial charge on any atom is -0.508 e. The predicted octanol–water partition coefficient (Wildman–Crippen LogP) is 2.90. The van der Waals surface area contributed by atoms with Crippen LogP contribution in [0, 0.1) is 0 Å². The molecule has 3 rings (SSSR count). The molecule has 0 aliphatic carbocycles. The summed E-state index contributed by atoms with van der Waals surface area (Å²) >= 11 is 0. The Morgan fingerprint density at radius 1 is 1.11 bits per heavy atom. The number of phenolic OH excluding ortho intramolecular Hbond substituents is 2. The first-order valence-electron chi connectivity index (χ1n) is 9.19. The molecule has 1 saturated heterocycles. The normalized spacial score (nSPS) is 15.7. The second-order valence-corrected chi connectivity index (χ2v) is 6.82. The van der Waals surface area contributed by atoms with E-state index in [0.717, 1.165) is 5.56 Å². The van der Waals surface area contributed by atoms with Crippen LogP contribution < -0.4 is 5.32 Å². The molecule has 28 heavy (non-hydrogen) atoms. The number of amides is 2. The van der Waals surface area contributed by atoms with Gasteiger partial charge in [-0.05, 0) is 36.0 Å². The SMILES string of the molecule is COC(=O)C(NC(=O)N1CCC(c2ccc(O)cc2O)CC1)c1ccccc1. The van der Waals surface area contributed by atoms with E-state index in [1.165, 1.54) is 13.2 Å². The number of carbonyl (C=O) groups is 2. The third-order valence-electron chi connectivity index (χ3n) is 5.07. The van der Waals surface area contributed by atoms with E-state index in [0.29, 0.717) is 31.5 Å². The zero-order valence-corrected chi connectivity index (χ0v) is 15.7. The van der Waals surface area contributed by atoms with Crippen molar-refractivity contribution in [3.8, 4) is 11.5 Å². The molecule has 2 aromatic carbocycles. The minimum absolute atomic E-state index is 0.0211. The molecule has 1 unspecified atom stereocenters. The van der Waals surface area contributed by atoms with Crippen molar-refractivity contribution < 1.29 is 24.5 Å². The first kappa shape index (κ1) is 19.5. The quantitative estimate of drug-likeness (QED) is 0.704. The van der Waals surface area contributed by atoms with Crippen LogP contribution in [0.1, 0.15) is 35.9 Å². The maximum absolute atomic E-state index is 12.7. The lowest BCUT2D eigenvalue weighted by molar-refractivity contribution is -0.143. The standard InChI is InChI=1S/C21H24N2O5/c1-28-20(26)19(15-5-3-2-4-6-15)22-21(27)23-11-9-14(10-12-23)17-8-7-16(24)13-18(17)25/h2-8,13-14,19,24-25H,9-12H2,1H3,(H,22,27).